The third kappa shape index (κ3) is 3.95. The summed E-state index contributed by atoms with van der Waals surface area (Å²) in [5, 5.41) is 3.36. The summed E-state index contributed by atoms with van der Waals surface area (Å²) >= 11 is 0. The molecular weight excluding hydrogens is 250 g/mol. The molecule has 106 valence electrons. The fourth-order valence-electron chi connectivity index (χ4n) is 1.88. The molecule has 1 aromatic carbocycles. The van der Waals surface area contributed by atoms with Gasteiger partial charge in [0.15, 0.2) is 0 Å². The van der Waals surface area contributed by atoms with Crippen molar-refractivity contribution < 1.29 is 4.74 Å². The van der Waals surface area contributed by atoms with Gasteiger partial charge in [-0.3, -0.25) is 0 Å². The smallest absolute Gasteiger partial charge is 0.218 e. The zero-order chi connectivity index (χ0) is 14.5. The first-order valence-electron chi connectivity index (χ1n) is 6.86. The van der Waals surface area contributed by atoms with E-state index < -0.39 is 0 Å². The third-order valence-electron chi connectivity index (χ3n) is 2.94. The SMILES string of the molecule is Cc1ccc(C(C)Nc2cc(OC(C)C)ncn2)cc1. The second-order valence-corrected chi connectivity index (χ2v) is 5.18. The number of hydrogen-bond acceptors (Lipinski definition) is 4. The molecule has 0 aliphatic rings. The van der Waals surface area contributed by atoms with Crippen molar-refractivity contribution in [2.45, 2.75) is 39.8 Å². The van der Waals surface area contributed by atoms with E-state index in [9.17, 15) is 0 Å². The molecule has 0 saturated heterocycles. The minimum absolute atomic E-state index is 0.104. The van der Waals surface area contributed by atoms with Crippen LogP contribution in [0.2, 0.25) is 0 Å². The van der Waals surface area contributed by atoms with Gasteiger partial charge in [-0.25, -0.2) is 9.97 Å². The number of benzene rings is 1. The first-order chi connectivity index (χ1) is 9.54. The lowest BCUT2D eigenvalue weighted by atomic mass is 10.1. The Hall–Kier alpha value is -2.10. The van der Waals surface area contributed by atoms with Crippen molar-refractivity contribution in [3.63, 3.8) is 0 Å². The van der Waals surface area contributed by atoms with Crippen LogP contribution in [0.25, 0.3) is 0 Å². The molecule has 20 heavy (non-hydrogen) atoms. The first kappa shape index (κ1) is 14.3. The standard InChI is InChI=1S/C16H21N3O/c1-11(2)20-16-9-15(17-10-18-16)19-13(4)14-7-5-12(3)6-8-14/h5-11,13H,1-4H3,(H,17,18,19). The van der Waals surface area contributed by atoms with Crippen LogP contribution >= 0.6 is 0 Å². The average Bonchev–Trinajstić information content (AvgIpc) is 2.39. The predicted molar refractivity (Wildman–Crippen MR) is 81.0 cm³/mol. The van der Waals surface area contributed by atoms with Crippen LogP contribution in [0.1, 0.15) is 37.9 Å². The van der Waals surface area contributed by atoms with Gasteiger partial charge in [0.1, 0.15) is 12.1 Å². The molecule has 1 unspecified atom stereocenters. The molecule has 1 heterocycles. The number of rotatable bonds is 5. The summed E-state index contributed by atoms with van der Waals surface area (Å²) in [6, 6.07) is 10.5. The molecule has 0 aliphatic heterocycles. The van der Waals surface area contributed by atoms with Gasteiger partial charge in [0.2, 0.25) is 5.88 Å². The maximum absolute atomic E-state index is 5.57. The fourth-order valence-corrected chi connectivity index (χ4v) is 1.88. The second-order valence-electron chi connectivity index (χ2n) is 5.18. The van der Waals surface area contributed by atoms with Crippen LogP contribution in [-0.2, 0) is 0 Å². The molecule has 0 amide bonds. The number of nitrogens with one attached hydrogen (secondary N) is 1. The molecule has 2 rings (SSSR count). The highest BCUT2D eigenvalue weighted by atomic mass is 16.5. The van der Waals surface area contributed by atoms with Crippen LogP contribution < -0.4 is 10.1 Å². The third-order valence-corrected chi connectivity index (χ3v) is 2.94. The van der Waals surface area contributed by atoms with Gasteiger partial charge >= 0.3 is 0 Å². The molecule has 0 spiro atoms. The number of aromatic nitrogens is 2. The van der Waals surface area contributed by atoms with Gasteiger partial charge in [0.05, 0.1) is 6.10 Å². The van der Waals surface area contributed by atoms with Crippen molar-refractivity contribution in [3.05, 3.63) is 47.8 Å². The number of aryl methyl sites for hydroxylation is 1. The Bertz CT molecular complexity index is 552. The van der Waals surface area contributed by atoms with E-state index in [2.05, 4.69) is 53.4 Å². The summed E-state index contributed by atoms with van der Waals surface area (Å²) in [4.78, 5) is 8.33. The van der Waals surface area contributed by atoms with Crippen molar-refractivity contribution in [2.24, 2.45) is 0 Å². The Morgan fingerprint density at radius 3 is 2.40 bits per heavy atom. The Labute approximate surface area is 120 Å². The van der Waals surface area contributed by atoms with Gasteiger partial charge in [-0.2, -0.15) is 0 Å². The maximum Gasteiger partial charge on any atom is 0.218 e. The lowest BCUT2D eigenvalue weighted by Crippen LogP contribution is -2.10. The van der Waals surface area contributed by atoms with Crippen LogP contribution in [0.3, 0.4) is 0 Å². The highest BCUT2D eigenvalue weighted by Gasteiger charge is 2.07. The molecule has 2 aromatic rings. The summed E-state index contributed by atoms with van der Waals surface area (Å²) < 4.78 is 5.57. The van der Waals surface area contributed by atoms with Crippen molar-refractivity contribution in [2.75, 3.05) is 5.32 Å². The number of nitrogens with zero attached hydrogens (tertiary/aromatic N) is 2. The second kappa shape index (κ2) is 6.37. The van der Waals surface area contributed by atoms with E-state index in [4.69, 9.17) is 4.74 Å². The maximum atomic E-state index is 5.57. The Kier molecular flexibility index (Phi) is 4.56. The normalized spacial score (nSPS) is 12.2. The topological polar surface area (TPSA) is 47.0 Å². The first-order valence-corrected chi connectivity index (χ1v) is 6.86. The minimum atomic E-state index is 0.104. The quantitative estimate of drug-likeness (QED) is 0.899. The van der Waals surface area contributed by atoms with Crippen molar-refractivity contribution in [1.29, 1.82) is 0 Å². The fraction of sp³-hybridized carbons (Fsp3) is 0.375. The van der Waals surface area contributed by atoms with Crippen molar-refractivity contribution in [1.82, 2.24) is 9.97 Å². The molecular formula is C16H21N3O. The van der Waals surface area contributed by atoms with Crippen LogP contribution in [0, 0.1) is 6.92 Å². The van der Waals surface area contributed by atoms with Crippen LogP contribution in [-0.4, -0.2) is 16.1 Å². The lowest BCUT2D eigenvalue weighted by Gasteiger charge is -2.16. The van der Waals surface area contributed by atoms with Gasteiger partial charge in [-0.05, 0) is 33.3 Å². The van der Waals surface area contributed by atoms with Gasteiger partial charge in [-0.15, -0.1) is 0 Å². The van der Waals surface area contributed by atoms with Gasteiger partial charge < -0.3 is 10.1 Å². The van der Waals surface area contributed by atoms with Gasteiger partial charge in [0, 0.05) is 12.1 Å². The van der Waals surface area contributed by atoms with Crippen LogP contribution in [0.15, 0.2) is 36.7 Å². The average molecular weight is 271 g/mol. The highest BCUT2D eigenvalue weighted by molar-refractivity contribution is 5.40. The van der Waals surface area contributed by atoms with E-state index in [1.807, 2.05) is 19.9 Å². The van der Waals surface area contributed by atoms with Crippen molar-refractivity contribution >= 4 is 5.82 Å². The summed E-state index contributed by atoms with van der Waals surface area (Å²) in [7, 11) is 0. The van der Waals surface area contributed by atoms with Gasteiger partial charge in [0.25, 0.3) is 0 Å². The Morgan fingerprint density at radius 2 is 1.75 bits per heavy atom. The largest absolute Gasteiger partial charge is 0.475 e. The monoisotopic (exact) mass is 271 g/mol. The number of anilines is 1. The molecule has 0 radical (unpaired) electrons. The van der Waals surface area contributed by atoms with E-state index in [-0.39, 0.29) is 12.1 Å². The molecule has 1 atom stereocenters. The van der Waals surface area contributed by atoms with E-state index in [0.717, 1.165) is 5.82 Å². The molecule has 0 fully saturated rings. The molecule has 1 aromatic heterocycles. The molecule has 0 bridgehead atoms. The molecule has 0 saturated carbocycles. The minimum Gasteiger partial charge on any atom is -0.475 e. The van der Waals surface area contributed by atoms with Crippen molar-refractivity contribution in [3.8, 4) is 5.88 Å². The van der Waals surface area contributed by atoms with E-state index in [1.165, 1.54) is 17.5 Å². The molecule has 4 heteroatoms. The van der Waals surface area contributed by atoms with E-state index in [1.54, 1.807) is 0 Å². The zero-order valence-electron chi connectivity index (χ0n) is 12.4. The summed E-state index contributed by atoms with van der Waals surface area (Å²) in [5.74, 6) is 1.36. The van der Waals surface area contributed by atoms with Crippen LogP contribution in [0.5, 0.6) is 5.88 Å². The van der Waals surface area contributed by atoms with E-state index in [0.29, 0.717) is 5.88 Å². The number of ether oxygens (including phenoxy) is 1. The Morgan fingerprint density at radius 1 is 1.05 bits per heavy atom. The molecule has 1 N–H and O–H groups in total. The zero-order valence-corrected chi connectivity index (χ0v) is 12.4. The summed E-state index contributed by atoms with van der Waals surface area (Å²) in [5.41, 5.74) is 2.48. The predicted octanol–water partition coefficient (Wildman–Crippen LogP) is 3.75. The lowest BCUT2D eigenvalue weighted by molar-refractivity contribution is 0.232. The summed E-state index contributed by atoms with van der Waals surface area (Å²) in [6.07, 6.45) is 1.62. The summed E-state index contributed by atoms with van der Waals surface area (Å²) in [6.45, 7) is 8.14. The highest BCUT2D eigenvalue weighted by Crippen LogP contribution is 2.20. The van der Waals surface area contributed by atoms with Gasteiger partial charge in [-0.1, -0.05) is 29.8 Å². The Balaban J connectivity index is 2.07. The number of hydrogen-bond donors (Lipinski definition) is 1. The van der Waals surface area contributed by atoms with Crippen LogP contribution in [0.4, 0.5) is 5.82 Å². The van der Waals surface area contributed by atoms with E-state index >= 15 is 0 Å². The molecule has 4 nitrogen and oxygen atoms in total. The molecule has 0 aliphatic carbocycles.